The second-order valence-corrected chi connectivity index (χ2v) is 4.70. The molecule has 108 valence electrons. The Morgan fingerprint density at radius 1 is 1.35 bits per heavy atom. The van der Waals surface area contributed by atoms with Crippen molar-refractivity contribution in [3.05, 3.63) is 34.7 Å². The fraction of sp³-hybridized carbons (Fsp3) is 0.250. The van der Waals surface area contributed by atoms with Crippen molar-refractivity contribution >= 4 is 44.8 Å². The molecule has 0 saturated heterocycles. The fourth-order valence-electron chi connectivity index (χ4n) is 1.36. The highest BCUT2D eigenvalue weighted by Crippen LogP contribution is 2.13. The average Bonchev–Trinajstić information content (AvgIpc) is 2.89. The van der Waals surface area contributed by atoms with E-state index in [0.29, 0.717) is 16.5 Å². The van der Waals surface area contributed by atoms with Gasteiger partial charge in [0.15, 0.2) is 5.11 Å². The molecule has 8 heteroatoms. The molecule has 2 heterocycles. The summed E-state index contributed by atoms with van der Waals surface area (Å²) in [4.78, 5) is 16.0. The van der Waals surface area contributed by atoms with E-state index in [9.17, 15) is 4.79 Å². The van der Waals surface area contributed by atoms with Crippen molar-refractivity contribution in [3.63, 3.8) is 0 Å². The molecule has 0 radical (unpaired) electrons. The summed E-state index contributed by atoms with van der Waals surface area (Å²) in [5, 5.41) is 3.02. The molecule has 0 fully saturated rings. The standard InChI is InChI=1S/C10H10BrN5OS.C2H6/c1-12-10(18)15-14-9(17)7-4-13-8-3-2-6(11)5-16(7)8;1-2/h2-5H,1H3,(H,14,17)(H2,12,15,18);1-2H3. The van der Waals surface area contributed by atoms with Crippen LogP contribution in [0.3, 0.4) is 0 Å². The number of amides is 1. The van der Waals surface area contributed by atoms with Crippen molar-refractivity contribution in [1.82, 2.24) is 25.6 Å². The van der Waals surface area contributed by atoms with Crippen LogP contribution in [-0.2, 0) is 0 Å². The highest BCUT2D eigenvalue weighted by atomic mass is 79.9. The number of hydrogen-bond acceptors (Lipinski definition) is 3. The van der Waals surface area contributed by atoms with Crippen LogP contribution < -0.4 is 16.2 Å². The van der Waals surface area contributed by atoms with Gasteiger partial charge in [-0.1, -0.05) is 13.8 Å². The van der Waals surface area contributed by atoms with Crippen LogP contribution in [0.25, 0.3) is 5.65 Å². The number of imidazole rings is 1. The minimum Gasteiger partial charge on any atom is -0.364 e. The van der Waals surface area contributed by atoms with E-state index in [-0.39, 0.29) is 5.91 Å². The van der Waals surface area contributed by atoms with Gasteiger partial charge in [0.05, 0.1) is 6.20 Å². The molecule has 0 spiro atoms. The number of hydrazine groups is 1. The first-order valence-corrected chi connectivity index (χ1v) is 7.22. The molecule has 6 nitrogen and oxygen atoms in total. The largest absolute Gasteiger partial charge is 0.364 e. The van der Waals surface area contributed by atoms with Gasteiger partial charge in [0.2, 0.25) is 0 Å². The lowest BCUT2D eigenvalue weighted by atomic mass is 10.4. The van der Waals surface area contributed by atoms with Crippen LogP contribution in [0.1, 0.15) is 24.3 Å². The zero-order valence-corrected chi connectivity index (χ0v) is 13.8. The predicted molar refractivity (Wildman–Crippen MR) is 86.5 cm³/mol. The highest BCUT2D eigenvalue weighted by Gasteiger charge is 2.11. The maximum absolute atomic E-state index is 11.9. The number of hydrogen-bond donors (Lipinski definition) is 3. The number of pyridine rings is 1. The van der Waals surface area contributed by atoms with E-state index in [1.54, 1.807) is 17.6 Å². The molecule has 0 aliphatic heterocycles. The third kappa shape index (κ3) is 3.91. The van der Waals surface area contributed by atoms with Crippen molar-refractivity contribution in [2.45, 2.75) is 13.8 Å². The molecule has 0 saturated carbocycles. The van der Waals surface area contributed by atoms with E-state index < -0.39 is 0 Å². The smallest absolute Gasteiger partial charge is 0.288 e. The molecule has 0 aliphatic carbocycles. The summed E-state index contributed by atoms with van der Waals surface area (Å²) >= 11 is 8.20. The molecule has 0 atom stereocenters. The molecule has 2 aromatic heterocycles. The molecule has 0 bridgehead atoms. The van der Waals surface area contributed by atoms with Crippen LogP contribution in [0, 0.1) is 0 Å². The van der Waals surface area contributed by atoms with Crippen molar-refractivity contribution in [3.8, 4) is 0 Å². The minimum absolute atomic E-state index is 0.321. The first kappa shape index (κ1) is 16.4. The molecule has 0 unspecified atom stereocenters. The molecular weight excluding hydrogens is 342 g/mol. The SMILES string of the molecule is CC.CNC(=S)NNC(=O)c1cnc2ccc(Br)cn12. The number of rotatable bonds is 1. The van der Waals surface area contributed by atoms with E-state index in [1.807, 2.05) is 26.0 Å². The Balaban J connectivity index is 0.000000956. The zero-order chi connectivity index (χ0) is 15.1. The van der Waals surface area contributed by atoms with Crippen LogP contribution in [0.5, 0.6) is 0 Å². The summed E-state index contributed by atoms with van der Waals surface area (Å²) in [6, 6.07) is 3.67. The summed E-state index contributed by atoms with van der Waals surface area (Å²) in [7, 11) is 1.66. The third-order valence-corrected chi connectivity index (χ3v) is 2.99. The molecule has 0 aliphatic rings. The summed E-state index contributed by atoms with van der Waals surface area (Å²) < 4.78 is 2.55. The van der Waals surface area contributed by atoms with Gasteiger partial charge in [-0.15, -0.1) is 0 Å². The van der Waals surface area contributed by atoms with E-state index in [1.165, 1.54) is 6.20 Å². The minimum atomic E-state index is -0.321. The lowest BCUT2D eigenvalue weighted by Gasteiger charge is -2.08. The summed E-state index contributed by atoms with van der Waals surface area (Å²) in [6.45, 7) is 4.00. The van der Waals surface area contributed by atoms with Gasteiger partial charge in [-0.3, -0.25) is 20.0 Å². The Morgan fingerprint density at radius 2 is 2.05 bits per heavy atom. The van der Waals surface area contributed by atoms with Crippen molar-refractivity contribution in [1.29, 1.82) is 0 Å². The summed E-state index contributed by atoms with van der Waals surface area (Å²) in [5.74, 6) is -0.321. The molecule has 2 rings (SSSR count). The maximum atomic E-state index is 11.9. The average molecular weight is 358 g/mol. The number of thiocarbonyl (C=S) groups is 1. The third-order valence-electron chi connectivity index (χ3n) is 2.22. The number of fused-ring (bicyclic) bond motifs is 1. The van der Waals surface area contributed by atoms with Gasteiger partial charge in [0.25, 0.3) is 5.91 Å². The van der Waals surface area contributed by atoms with Crippen LogP contribution in [0.2, 0.25) is 0 Å². The molecule has 0 aromatic carbocycles. The van der Waals surface area contributed by atoms with Crippen molar-refractivity contribution in [2.24, 2.45) is 0 Å². The number of aromatic nitrogens is 2. The number of carbonyl (C=O) groups excluding carboxylic acids is 1. The monoisotopic (exact) mass is 357 g/mol. The highest BCUT2D eigenvalue weighted by molar-refractivity contribution is 9.10. The Morgan fingerprint density at radius 3 is 2.70 bits per heavy atom. The fourth-order valence-corrected chi connectivity index (χ4v) is 1.75. The van der Waals surface area contributed by atoms with Crippen LogP contribution in [-0.4, -0.2) is 27.5 Å². The van der Waals surface area contributed by atoms with Gasteiger partial charge in [-0.2, -0.15) is 0 Å². The first-order chi connectivity index (χ1) is 9.61. The molecular formula is C12H16BrN5OS. The summed E-state index contributed by atoms with van der Waals surface area (Å²) in [6.07, 6.45) is 3.27. The van der Waals surface area contributed by atoms with Crippen LogP contribution in [0.4, 0.5) is 0 Å². The second kappa shape index (κ2) is 7.81. The number of carbonyl (C=O) groups is 1. The molecule has 1 amide bonds. The maximum Gasteiger partial charge on any atom is 0.288 e. The number of nitrogens with one attached hydrogen (secondary N) is 3. The van der Waals surface area contributed by atoms with Gasteiger partial charge in [-0.05, 0) is 40.3 Å². The molecule has 2 aromatic rings. The van der Waals surface area contributed by atoms with E-state index in [0.717, 1.165) is 4.47 Å². The van der Waals surface area contributed by atoms with Gasteiger partial charge in [-0.25, -0.2) is 4.98 Å². The lowest BCUT2D eigenvalue weighted by molar-refractivity contribution is 0.0938. The predicted octanol–water partition coefficient (Wildman–Crippen LogP) is 1.86. The topological polar surface area (TPSA) is 70.5 Å². The Bertz CT molecular complexity index is 613. The van der Waals surface area contributed by atoms with Gasteiger partial charge in [0.1, 0.15) is 11.3 Å². The van der Waals surface area contributed by atoms with E-state index in [2.05, 4.69) is 37.1 Å². The van der Waals surface area contributed by atoms with Gasteiger partial charge in [0, 0.05) is 17.7 Å². The van der Waals surface area contributed by atoms with E-state index >= 15 is 0 Å². The Labute approximate surface area is 131 Å². The number of nitrogens with zero attached hydrogens (tertiary/aromatic N) is 2. The second-order valence-electron chi connectivity index (χ2n) is 3.38. The van der Waals surface area contributed by atoms with Crippen LogP contribution in [0.15, 0.2) is 29.0 Å². The van der Waals surface area contributed by atoms with Gasteiger partial charge >= 0.3 is 0 Å². The zero-order valence-electron chi connectivity index (χ0n) is 11.4. The molecule has 3 N–H and O–H groups in total. The lowest BCUT2D eigenvalue weighted by Crippen LogP contribution is -2.45. The van der Waals surface area contributed by atoms with Crippen molar-refractivity contribution < 1.29 is 4.79 Å². The van der Waals surface area contributed by atoms with Crippen molar-refractivity contribution in [2.75, 3.05) is 7.05 Å². The number of halogens is 1. The normalized spacial score (nSPS) is 9.40. The molecule has 20 heavy (non-hydrogen) atoms. The Kier molecular flexibility index (Phi) is 6.40. The quantitative estimate of drug-likeness (QED) is 0.536. The summed E-state index contributed by atoms with van der Waals surface area (Å²) in [5.41, 5.74) is 6.15. The van der Waals surface area contributed by atoms with Gasteiger partial charge < -0.3 is 5.32 Å². The van der Waals surface area contributed by atoms with Crippen LogP contribution >= 0.6 is 28.1 Å². The first-order valence-electron chi connectivity index (χ1n) is 6.02. The Hall–Kier alpha value is -1.67. The van der Waals surface area contributed by atoms with E-state index in [4.69, 9.17) is 12.2 Å².